The molecule has 0 radical (unpaired) electrons. The van der Waals surface area contributed by atoms with Crippen molar-refractivity contribution in [2.24, 2.45) is 0 Å². The monoisotopic (exact) mass is 316 g/mol. The van der Waals surface area contributed by atoms with Crippen LogP contribution in [0.15, 0.2) is 24.3 Å². The van der Waals surface area contributed by atoms with Gasteiger partial charge < -0.3 is 15.2 Å². The maximum absolute atomic E-state index is 11.9. The summed E-state index contributed by atoms with van der Waals surface area (Å²) in [5.41, 5.74) is 2.11. The van der Waals surface area contributed by atoms with Crippen molar-refractivity contribution < 1.29 is 4.79 Å². The van der Waals surface area contributed by atoms with E-state index >= 15 is 0 Å². The number of benzene rings is 1. The first-order valence-corrected chi connectivity index (χ1v) is 8.58. The number of imidazole rings is 1. The first-order valence-electron chi connectivity index (χ1n) is 8.58. The zero-order valence-electron chi connectivity index (χ0n) is 14.4. The number of aromatic nitrogens is 2. The van der Waals surface area contributed by atoms with Gasteiger partial charge in [-0.3, -0.25) is 0 Å². The van der Waals surface area contributed by atoms with Gasteiger partial charge in [0.1, 0.15) is 5.82 Å². The summed E-state index contributed by atoms with van der Waals surface area (Å²) in [4.78, 5) is 16.5. The zero-order valence-corrected chi connectivity index (χ0v) is 14.4. The van der Waals surface area contributed by atoms with Crippen molar-refractivity contribution in [1.29, 1.82) is 0 Å². The molecule has 0 saturated heterocycles. The zero-order chi connectivity index (χ0) is 16.7. The van der Waals surface area contributed by atoms with Crippen LogP contribution in [0.1, 0.15) is 45.4 Å². The van der Waals surface area contributed by atoms with E-state index in [1.165, 1.54) is 12.8 Å². The topological polar surface area (TPSA) is 59.0 Å². The lowest BCUT2D eigenvalue weighted by molar-refractivity contribution is 0.236. The molecule has 1 aromatic heterocycles. The van der Waals surface area contributed by atoms with Gasteiger partial charge in [0, 0.05) is 19.1 Å². The lowest BCUT2D eigenvalue weighted by Crippen LogP contribution is -2.41. The summed E-state index contributed by atoms with van der Waals surface area (Å²) in [6.07, 6.45) is 4.63. The summed E-state index contributed by atoms with van der Waals surface area (Å²) in [7, 11) is 0. The highest BCUT2D eigenvalue weighted by Gasteiger charge is 2.08. The SMILES string of the molecule is CCCCCC(C)NC(=O)NCCn1c(C)nc2ccccc21. The Bertz CT molecular complexity index is 635. The molecule has 0 aliphatic heterocycles. The fourth-order valence-corrected chi connectivity index (χ4v) is 2.81. The third kappa shape index (κ3) is 4.98. The van der Waals surface area contributed by atoms with E-state index in [4.69, 9.17) is 0 Å². The second-order valence-corrected chi connectivity index (χ2v) is 6.10. The maximum atomic E-state index is 11.9. The van der Waals surface area contributed by atoms with E-state index in [2.05, 4.69) is 40.1 Å². The predicted molar refractivity (Wildman–Crippen MR) is 94.6 cm³/mol. The minimum absolute atomic E-state index is 0.0870. The van der Waals surface area contributed by atoms with Gasteiger partial charge in [0.05, 0.1) is 11.0 Å². The Kier molecular flexibility index (Phi) is 6.44. The van der Waals surface area contributed by atoms with E-state index < -0.39 is 0 Å². The highest BCUT2D eigenvalue weighted by Crippen LogP contribution is 2.14. The second-order valence-electron chi connectivity index (χ2n) is 6.10. The van der Waals surface area contributed by atoms with Crippen LogP contribution in [-0.2, 0) is 6.54 Å². The fourth-order valence-electron chi connectivity index (χ4n) is 2.81. The van der Waals surface area contributed by atoms with Gasteiger partial charge in [-0.05, 0) is 32.4 Å². The Morgan fingerprint density at radius 1 is 1.30 bits per heavy atom. The Labute approximate surface area is 138 Å². The van der Waals surface area contributed by atoms with Crippen molar-refractivity contribution in [3.8, 4) is 0 Å². The molecule has 1 unspecified atom stereocenters. The van der Waals surface area contributed by atoms with Crippen LogP contribution < -0.4 is 10.6 Å². The number of amides is 2. The maximum Gasteiger partial charge on any atom is 0.315 e. The number of carbonyl (C=O) groups is 1. The number of para-hydroxylation sites is 2. The van der Waals surface area contributed by atoms with Crippen molar-refractivity contribution in [3.63, 3.8) is 0 Å². The Morgan fingerprint density at radius 2 is 2.09 bits per heavy atom. The lowest BCUT2D eigenvalue weighted by atomic mass is 10.1. The van der Waals surface area contributed by atoms with E-state index in [9.17, 15) is 4.79 Å². The number of rotatable bonds is 8. The van der Waals surface area contributed by atoms with Gasteiger partial charge in [-0.1, -0.05) is 38.3 Å². The molecule has 0 bridgehead atoms. The molecule has 0 aliphatic carbocycles. The van der Waals surface area contributed by atoms with Gasteiger partial charge in [-0.2, -0.15) is 0 Å². The summed E-state index contributed by atoms with van der Waals surface area (Å²) in [6, 6.07) is 8.21. The molecule has 23 heavy (non-hydrogen) atoms. The number of hydrogen-bond donors (Lipinski definition) is 2. The molecule has 1 atom stereocenters. The van der Waals surface area contributed by atoms with Crippen molar-refractivity contribution in [2.45, 2.75) is 59.0 Å². The normalized spacial score (nSPS) is 12.3. The fraction of sp³-hybridized carbons (Fsp3) is 0.556. The molecule has 2 N–H and O–H groups in total. The predicted octanol–water partition coefficient (Wildman–Crippen LogP) is 3.61. The highest BCUT2D eigenvalue weighted by atomic mass is 16.2. The Morgan fingerprint density at radius 3 is 2.87 bits per heavy atom. The molecule has 0 spiro atoms. The van der Waals surface area contributed by atoms with E-state index in [0.717, 1.165) is 36.2 Å². The van der Waals surface area contributed by atoms with Crippen LogP contribution in [0.25, 0.3) is 11.0 Å². The molecule has 2 rings (SSSR count). The molecular weight excluding hydrogens is 288 g/mol. The van der Waals surface area contributed by atoms with E-state index in [-0.39, 0.29) is 12.1 Å². The molecule has 1 aromatic carbocycles. The van der Waals surface area contributed by atoms with Crippen LogP contribution in [0.2, 0.25) is 0 Å². The number of urea groups is 1. The van der Waals surface area contributed by atoms with Gasteiger partial charge in [0.15, 0.2) is 0 Å². The third-order valence-corrected chi connectivity index (χ3v) is 4.08. The lowest BCUT2D eigenvalue weighted by Gasteiger charge is -2.15. The summed E-state index contributed by atoms with van der Waals surface area (Å²) >= 11 is 0. The molecule has 0 aliphatic rings. The number of fused-ring (bicyclic) bond motifs is 1. The van der Waals surface area contributed by atoms with E-state index in [0.29, 0.717) is 6.54 Å². The molecule has 2 aromatic rings. The number of carbonyl (C=O) groups excluding carboxylic acids is 1. The summed E-state index contributed by atoms with van der Waals surface area (Å²) in [5, 5.41) is 5.93. The Hall–Kier alpha value is -2.04. The smallest absolute Gasteiger partial charge is 0.315 e. The van der Waals surface area contributed by atoms with Crippen molar-refractivity contribution in [1.82, 2.24) is 20.2 Å². The molecule has 0 saturated carbocycles. The minimum Gasteiger partial charge on any atom is -0.336 e. The molecule has 0 fully saturated rings. The van der Waals surface area contributed by atoms with Gasteiger partial charge in [0.2, 0.25) is 0 Å². The van der Waals surface area contributed by atoms with Gasteiger partial charge in [-0.15, -0.1) is 0 Å². The summed E-state index contributed by atoms with van der Waals surface area (Å²) in [5.74, 6) is 0.973. The van der Waals surface area contributed by atoms with E-state index in [1.807, 2.05) is 25.1 Å². The average Bonchev–Trinajstić information content (AvgIpc) is 2.83. The Balaban J connectivity index is 1.78. The van der Waals surface area contributed by atoms with E-state index in [1.54, 1.807) is 0 Å². The van der Waals surface area contributed by atoms with Crippen LogP contribution in [-0.4, -0.2) is 28.2 Å². The number of unbranched alkanes of at least 4 members (excludes halogenated alkanes) is 2. The molecule has 1 heterocycles. The van der Waals surface area contributed by atoms with Crippen LogP contribution in [0.4, 0.5) is 4.79 Å². The average molecular weight is 316 g/mol. The summed E-state index contributed by atoms with van der Waals surface area (Å²) < 4.78 is 2.14. The first-order chi connectivity index (χ1) is 11.1. The molecule has 2 amide bonds. The van der Waals surface area contributed by atoms with Crippen LogP contribution in [0.3, 0.4) is 0 Å². The van der Waals surface area contributed by atoms with Gasteiger partial charge >= 0.3 is 6.03 Å². The van der Waals surface area contributed by atoms with Crippen molar-refractivity contribution in [2.75, 3.05) is 6.54 Å². The van der Waals surface area contributed by atoms with Gasteiger partial charge in [-0.25, -0.2) is 9.78 Å². The standard InChI is InChI=1S/C18H28N4O/c1-4-5-6-9-14(2)20-18(23)19-12-13-22-15(3)21-16-10-7-8-11-17(16)22/h7-8,10-11,14H,4-6,9,12-13H2,1-3H3,(H2,19,20,23). The molecule has 5 heteroatoms. The minimum atomic E-state index is -0.0870. The number of hydrogen-bond acceptors (Lipinski definition) is 2. The third-order valence-electron chi connectivity index (χ3n) is 4.08. The number of nitrogens with zero attached hydrogens (tertiary/aromatic N) is 2. The largest absolute Gasteiger partial charge is 0.336 e. The molecule has 5 nitrogen and oxygen atoms in total. The quantitative estimate of drug-likeness (QED) is 0.731. The second kappa shape index (κ2) is 8.56. The number of aryl methyl sites for hydroxylation is 1. The van der Waals surface area contributed by atoms with Crippen molar-refractivity contribution >= 4 is 17.1 Å². The van der Waals surface area contributed by atoms with Crippen LogP contribution in [0.5, 0.6) is 0 Å². The molecule has 126 valence electrons. The molecular formula is C18H28N4O. The van der Waals surface area contributed by atoms with Gasteiger partial charge in [0.25, 0.3) is 0 Å². The number of nitrogens with one attached hydrogen (secondary N) is 2. The first kappa shape index (κ1) is 17.3. The van der Waals surface area contributed by atoms with Crippen molar-refractivity contribution in [3.05, 3.63) is 30.1 Å². The van der Waals surface area contributed by atoms with Crippen LogP contribution >= 0.6 is 0 Å². The van der Waals surface area contributed by atoms with Crippen LogP contribution in [0, 0.1) is 6.92 Å². The highest BCUT2D eigenvalue weighted by molar-refractivity contribution is 5.76. The summed E-state index contributed by atoms with van der Waals surface area (Å²) in [6.45, 7) is 7.56.